The van der Waals surface area contributed by atoms with Crippen molar-refractivity contribution in [3.05, 3.63) is 77.1 Å². The van der Waals surface area contributed by atoms with E-state index in [2.05, 4.69) is 4.98 Å². The van der Waals surface area contributed by atoms with E-state index >= 15 is 0 Å². The summed E-state index contributed by atoms with van der Waals surface area (Å²) in [5, 5.41) is 8.97. The molecule has 0 N–H and O–H groups in total. The Labute approximate surface area is 156 Å². The molecule has 3 aromatic rings. The zero-order chi connectivity index (χ0) is 19.0. The molecule has 2 atom stereocenters. The van der Waals surface area contributed by atoms with Gasteiger partial charge in [-0.2, -0.15) is 5.26 Å². The van der Waals surface area contributed by atoms with Gasteiger partial charge in [0.15, 0.2) is 11.5 Å². The van der Waals surface area contributed by atoms with Crippen LogP contribution in [-0.2, 0) is 0 Å². The first-order valence-electron chi connectivity index (χ1n) is 8.59. The zero-order valence-electron chi connectivity index (χ0n) is 15.0. The summed E-state index contributed by atoms with van der Waals surface area (Å²) < 4.78 is 27.4. The van der Waals surface area contributed by atoms with Crippen molar-refractivity contribution in [1.29, 1.82) is 5.26 Å². The second kappa shape index (κ2) is 6.76. The van der Waals surface area contributed by atoms with Crippen LogP contribution >= 0.6 is 0 Å². The number of imidazole rings is 1. The van der Waals surface area contributed by atoms with Gasteiger partial charge >= 0.3 is 0 Å². The van der Waals surface area contributed by atoms with Gasteiger partial charge in [0, 0.05) is 23.4 Å². The van der Waals surface area contributed by atoms with Gasteiger partial charge in [-0.25, -0.2) is 9.37 Å². The van der Waals surface area contributed by atoms with E-state index in [1.165, 1.54) is 6.07 Å². The molecule has 0 bridgehead atoms. The average molecular weight is 363 g/mol. The minimum Gasteiger partial charge on any atom is -0.493 e. The first-order chi connectivity index (χ1) is 13.2. The summed E-state index contributed by atoms with van der Waals surface area (Å²) in [6.45, 7) is 0. The van der Waals surface area contributed by atoms with Gasteiger partial charge in [-0.05, 0) is 36.2 Å². The molecule has 1 aromatic heterocycles. The fourth-order valence-corrected chi connectivity index (χ4v) is 3.82. The molecule has 1 aliphatic rings. The van der Waals surface area contributed by atoms with Gasteiger partial charge in [0.1, 0.15) is 5.82 Å². The van der Waals surface area contributed by atoms with Gasteiger partial charge < -0.3 is 14.0 Å². The smallest absolute Gasteiger partial charge is 0.161 e. The molecule has 0 radical (unpaired) electrons. The molecule has 0 aliphatic carbocycles. The lowest BCUT2D eigenvalue weighted by molar-refractivity contribution is 0.354. The highest BCUT2D eigenvalue weighted by atomic mass is 19.1. The number of nitrogens with zero attached hydrogens (tertiary/aromatic N) is 3. The third-order valence-electron chi connectivity index (χ3n) is 5.15. The zero-order valence-corrected chi connectivity index (χ0v) is 15.0. The van der Waals surface area contributed by atoms with Crippen LogP contribution in [0, 0.1) is 17.1 Å². The number of ether oxygens (including phenoxy) is 2. The van der Waals surface area contributed by atoms with Gasteiger partial charge in [0.2, 0.25) is 0 Å². The molecule has 2 unspecified atom stereocenters. The quantitative estimate of drug-likeness (QED) is 0.702. The highest BCUT2D eigenvalue weighted by Gasteiger charge is 2.34. The predicted molar refractivity (Wildman–Crippen MR) is 97.5 cm³/mol. The normalized spacial score (nSPS) is 18.0. The van der Waals surface area contributed by atoms with Gasteiger partial charge in [-0.3, -0.25) is 0 Å². The Morgan fingerprint density at radius 3 is 2.67 bits per heavy atom. The van der Waals surface area contributed by atoms with Crippen molar-refractivity contribution in [2.24, 2.45) is 0 Å². The monoisotopic (exact) mass is 363 g/mol. The number of halogens is 1. The topological polar surface area (TPSA) is 60.1 Å². The first kappa shape index (κ1) is 17.1. The fraction of sp³-hybridized carbons (Fsp3) is 0.238. The Morgan fingerprint density at radius 1 is 1.15 bits per heavy atom. The maximum atomic E-state index is 14.6. The number of nitriles is 1. The summed E-state index contributed by atoms with van der Waals surface area (Å²) in [4.78, 5) is 4.27. The first-order valence-corrected chi connectivity index (χ1v) is 8.59. The largest absolute Gasteiger partial charge is 0.493 e. The van der Waals surface area contributed by atoms with E-state index in [0.29, 0.717) is 29.0 Å². The highest BCUT2D eigenvalue weighted by molar-refractivity contribution is 5.47. The number of fused-ring (bicyclic) bond motifs is 1. The van der Waals surface area contributed by atoms with Crippen LogP contribution in [-0.4, -0.2) is 23.8 Å². The molecule has 0 saturated carbocycles. The molecule has 1 aliphatic heterocycles. The van der Waals surface area contributed by atoms with Crippen LogP contribution in [0.2, 0.25) is 0 Å². The molecule has 6 heteroatoms. The van der Waals surface area contributed by atoms with Crippen molar-refractivity contribution >= 4 is 0 Å². The van der Waals surface area contributed by atoms with E-state index in [4.69, 9.17) is 14.7 Å². The molecule has 0 fully saturated rings. The number of aromatic nitrogens is 2. The number of hydrogen-bond acceptors (Lipinski definition) is 4. The van der Waals surface area contributed by atoms with Crippen LogP contribution in [0.15, 0.2) is 48.9 Å². The minimum atomic E-state index is -0.369. The van der Waals surface area contributed by atoms with Gasteiger partial charge in [0.05, 0.1) is 38.2 Å². The molecular weight excluding hydrogens is 345 g/mol. The minimum absolute atomic E-state index is 0.0624. The molecule has 0 saturated heterocycles. The van der Waals surface area contributed by atoms with E-state index in [0.717, 1.165) is 11.3 Å². The number of hydrogen-bond donors (Lipinski definition) is 0. The maximum Gasteiger partial charge on any atom is 0.161 e. The summed E-state index contributed by atoms with van der Waals surface area (Å²) in [7, 11) is 3.21. The van der Waals surface area contributed by atoms with E-state index in [9.17, 15) is 4.39 Å². The summed E-state index contributed by atoms with van der Waals surface area (Å²) in [6.07, 6.45) is 4.26. The summed E-state index contributed by atoms with van der Waals surface area (Å²) in [6, 6.07) is 12.3. The third kappa shape index (κ3) is 2.81. The standard InChI is InChI=1S/C21H18FN3O2/c1-26-20-6-4-14(8-21(20)27-2)16-9-18(25-12-24-11-19(16)25)15-5-3-13(10-23)7-17(15)22/h3-8,11-12,16,18H,9H2,1-2H3. The summed E-state index contributed by atoms with van der Waals surface area (Å²) in [5.74, 6) is 1.02. The lowest BCUT2D eigenvalue weighted by Crippen LogP contribution is -2.07. The van der Waals surface area contributed by atoms with Gasteiger partial charge in [-0.1, -0.05) is 12.1 Å². The summed E-state index contributed by atoms with van der Waals surface area (Å²) in [5.41, 5.74) is 2.97. The molecule has 136 valence electrons. The Bertz CT molecular complexity index is 1040. The van der Waals surface area contributed by atoms with E-state index in [1.54, 1.807) is 32.7 Å². The highest BCUT2D eigenvalue weighted by Crippen LogP contribution is 2.45. The van der Waals surface area contributed by atoms with Crippen LogP contribution in [0.1, 0.15) is 40.8 Å². The Morgan fingerprint density at radius 2 is 1.96 bits per heavy atom. The van der Waals surface area contributed by atoms with Gasteiger partial charge in [-0.15, -0.1) is 0 Å². The maximum absolute atomic E-state index is 14.6. The van der Waals surface area contributed by atoms with Crippen LogP contribution in [0.25, 0.3) is 0 Å². The van der Waals surface area contributed by atoms with Crippen LogP contribution in [0.4, 0.5) is 4.39 Å². The molecule has 0 amide bonds. The van der Waals surface area contributed by atoms with E-state index in [-0.39, 0.29) is 17.8 Å². The SMILES string of the molecule is COc1ccc(C2CC(c3ccc(C#N)cc3F)n3cncc32)cc1OC. The van der Waals surface area contributed by atoms with Crippen molar-refractivity contribution in [1.82, 2.24) is 9.55 Å². The molecule has 2 aromatic carbocycles. The lowest BCUT2D eigenvalue weighted by Gasteiger charge is -2.16. The number of benzene rings is 2. The van der Waals surface area contributed by atoms with Crippen LogP contribution in [0.3, 0.4) is 0 Å². The van der Waals surface area contributed by atoms with Crippen molar-refractivity contribution in [3.63, 3.8) is 0 Å². The fourth-order valence-electron chi connectivity index (χ4n) is 3.82. The van der Waals surface area contributed by atoms with Crippen LogP contribution in [0.5, 0.6) is 11.5 Å². The molecule has 4 rings (SSSR count). The van der Waals surface area contributed by atoms with E-state index < -0.39 is 0 Å². The number of rotatable bonds is 4. The second-order valence-electron chi connectivity index (χ2n) is 6.49. The van der Waals surface area contributed by atoms with Gasteiger partial charge in [0.25, 0.3) is 0 Å². The van der Waals surface area contributed by atoms with Crippen LogP contribution < -0.4 is 9.47 Å². The predicted octanol–water partition coefficient (Wildman–Crippen LogP) is 4.04. The molecular formula is C21H18FN3O2. The number of methoxy groups -OCH3 is 2. The second-order valence-corrected chi connectivity index (χ2v) is 6.49. The van der Waals surface area contributed by atoms with Crippen molar-refractivity contribution in [3.8, 4) is 17.6 Å². The molecule has 27 heavy (non-hydrogen) atoms. The third-order valence-corrected chi connectivity index (χ3v) is 5.15. The average Bonchev–Trinajstić information content (AvgIpc) is 3.30. The Kier molecular flexibility index (Phi) is 4.28. The van der Waals surface area contributed by atoms with Crippen molar-refractivity contribution in [2.45, 2.75) is 18.4 Å². The Hall–Kier alpha value is -3.33. The van der Waals surface area contributed by atoms with E-state index in [1.807, 2.05) is 35.0 Å². The van der Waals surface area contributed by atoms with Crippen molar-refractivity contribution in [2.75, 3.05) is 14.2 Å². The molecule has 5 nitrogen and oxygen atoms in total. The molecule has 0 spiro atoms. The lowest BCUT2D eigenvalue weighted by atomic mass is 9.91. The van der Waals surface area contributed by atoms with Crippen molar-refractivity contribution < 1.29 is 13.9 Å². The Balaban J connectivity index is 1.74. The summed E-state index contributed by atoms with van der Waals surface area (Å²) >= 11 is 0. The molecule has 2 heterocycles.